The van der Waals surface area contributed by atoms with Gasteiger partial charge in [-0.15, -0.1) is 0 Å². The second-order valence-electron chi connectivity index (χ2n) is 5.98. The Labute approximate surface area is 130 Å². The Balaban J connectivity index is 1.78. The maximum Gasteiger partial charge on any atom is 0.277 e. The first-order valence-corrected chi connectivity index (χ1v) is 7.14. The summed E-state index contributed by atoms with van der Waals surface area (Å²) in [6.45, 7) is 6.38. The van der Waals surface area contributed by atoms with Gasteiger partial charge in [-0.3, -0.25) is 4.79 Å². The number of H-pyrrole nitrogens is 1. The van der Waals surface area contributed by atoms with Crippen LogP contribution in [-0.2, 0) is 10.2 Å². The van der Waals surface area contributed by atoms with Crippen molar-refractivity contribution in [1.82, 2.24) is 10.4 Å². The van der Waals surface area contributed by atoms with E-state index >= 15 is 0 Å². The molecule has 0 radical (unpaired) electrons. The van der Waals surface area contributed by atoms with Crippen LogP contribution in [0.5, 0.6) is 5.75 Å². The molecule has 5 heteroatoms. The molecule has 1 heterocycles. The molecule has 0 aliphatic heterocycles. The van der Waals surface area contributed by atoms with Gasteiger partial charge in [0.2, 0.25) is 0 Å². The largest absolute Gasteiger partial charge is 0.484 e. The summed E-state index contributed by atoms with van der Waals surface area (Å²) in [6.07, 6.45) is 3.32. The number of ether oxygens (including phenoxy) is 1. The van der Waals surface area contributed by atoms with Crippen LogP contribution in [0.3, 0.4) is 0 Å². The van der Waals surface area contributed by atoms with E-state index in [9.17, 15) is 4.79 Å². The maximum atomic E-state index is 11.6. The van der Waals surface area contributed by atoms with Crippen LogP contribution < -0.4 is 10.2 Å². The van der Waals surface area contributed by atoms with Crippen LogP contribution in [0.25, 0.3) is 0 Å². The third kappa shape index (κ3) is 4.77. The summed E-state index contributed by atoms with van der Waals surface area (Å²) in [6, 6.07) is 11.5. The molecular weight excluding hydrogens is 278 g/mol. The first-order chi connectivity index (χ1) is 10.4. The number of aromatic amines is 1. The molecule has 5 nitrogen and oxygen atoms in total. The van der Waals surface area contributed by atoms with Gasteiger partial charge in [0.05, 0.1) is 11.9 Å². The van der Waals surface area contributed by atoms with Gasteiger partial charge in [0.15, 0.2) is 6.61 Å². The van der Waals surface area contributed by atoms with Gasteiger partial charge >= 0.3 is 0 Å². The molecule has 2 N–H and O–H groups in total. The summed E-state index contributed by atoms with van der Waals surface area (Å²) in [4.78, 5) is 14.6. The number of benzene rings is 1. The van der Waals surface area contributed by atoms with Crippen molar-refractivity contribution >= 4 is 12.1 Å². The number of nitrogens with zero attached hydrogens (tertiary/aromatic N) is 1. The van der Waals surface area contributed by atoms with Crippen molar-refractivity contribution in [2.75, 3.05) is 6.61 Å². The average Bonchev–Trinajstić information content (AvgIpc) is 2.98. The lowest BCUT2D eigenvalue weighted by atomic mass is 9.87. The fourth-order valence-corrected chi connectivity index (χ4v) is 1.83. The van der Waals surface area contributed by atoms with Crippen LogP contribution in [0, 0.1) is 0 Å². The van der Waals surface area contributed by atoms with Crippen LogP contribution in [0.4, 0.5) is 0 Å². The van der Waals surface area contributed by atoms with Crippen LogP contribution in [0.2, 0.25) is 0 Å². The van der Waals surface area contributed by atoms with E-state index in [0.29, 0.717) is 5.75 Å². The summed E-state index contributed by atoms with van der Waals surface area (Å²) in [5.74, 6) is 0.360. The van der Waals surface area contributed by atoms with Crippen LogP contribution >= 0.6 is 0 Å². The Morgan fingerprint density at radius 1 is 1.27 bits per heavy atom. The Morgan fingerprint density at radius 2 is 2.00 bits per heavy atom. The third-order valence-corrected chi connectivity index (χ3v) is 3.11. The van der Waals surface area contributed by atoms with Gasteiger partial charge in [-0.1, -0.05) is 32.9 Å². The minimum Gasteiger partial charge on any atom is -0.484 e. The molecule has 2 aromatic rings. The zero-order chi connectivity index (χ0) is 16.0. The van der Waals surface area contributed by atoms with E-state index in [-0.39, 0.29) is 17.9 Å². The number of aromatic nitrogens is 1. The number of carbonyl (C=O) groups is 1. The Bertz CT molecular complexity index is 623. The summed E-state index contributed by atoms with van der Waals surface area (Å²) >= 11 is 0. The molecule has 1 aromatic carbocycles. The van der Waals surface area contributed by atoms with Crippen LogP contribution in [0.1, 0.15) is 32.0 Å². The van der Waals surface area contributed by atoms with Crippen molar-refractivity contribution in [3.05, 3.63) is 53.9 Å². The minimum absolute atomic E-state index is 0.0725. The zero-order valence-corrected chi connectivity index (χ0v) is 13.1. The second kappa shape index (κ2) is 6.93. The van der Waals surface area contributed by atoms with E-state index in [1.165, 1.54) is 11.8 Å². The monoisotopic (exact) mass is 299 g/mol. The summed E-state index contributed by atoms with van der Waals surface area (Å²) in [5, 5.41) is 3.84. The van der Waals surface area contributed by atoms with Gasteiger partial charge in [-0.2, -0.15) is 5.10 Å². The first kappa shape index (κ1) is 15.8. The molecule has 0 fully saturated rings. The molecule has 0 saturated heterocycles. The van der Waals surface area contributed by atoms with Crippen molar-refractivity contribution < 1.29 is 9.53 Å². The third-order valence-electron chi connectivity index (χ3n) is 3.11. The topological polar surface area (TPSA) is 66.5 Å². The molecule has 22 heavy (non-hydrogen) atoms. The lowest BCUT2D eigenvalue weighted by Crippen LogP contribution is -2.24. The number of rotatable bonds is 5. The van der Waals surface area contributed by atoms with E-state index in [4.69, 9.17) is 4.74 Å². The molecular formula is C17H21N3O2. The van der Waals surface area contributed by atoms with E-state index in [0.717, 1.165) is 5.69 Å². The Kier molecular flexibility index (Phi) is 4.99. The fourth-order valence-electron chi connectivity index (χ4n) is 1.83. The van der Waals surface area contributed by atoms with Crippen molar-refractivity contribution in [3.63, 3.8) is 0 Å². The number of hydrazone groups is 1. The highest BCUT2D eigenvalue weighted by molar-refractivity contribution is 5.81. The van der Waals surface area contributed by atoms with Gasteiger partial charge in [0.25, 0.3) is 5.91 Å². The Hall–Kier alpha value is -2.56. The molecule has 0 spiro atoms. The number of hydrogen-bond acceptors (Lipinski definition) is 3. The van der Waals surface area contributed by atoms with Crippen molar-refractivity contribution in [3.8, 4) is 5.75 Å². The molecule has 1 amide bonds. The Morgan fingerprint density at radius 3 is 2.59 bits per heavy atom. The van der Waals surface area contributed by atoms with Gasteiger partial charge < -0.3 is 9.72 Å². The molecule has 0 saturated carbocycles. The predicted molar refractivity (Wildman–Crippen MR) is 87.2 cm³/mol. The molecule has 0 unspecified atom stereocenters. The van der Waals surface area contributed by atoms with Gasteiger partial charge in [0, 0.05) is 6.20 Å². The quantitative estimate of drug-likeness (QED) is 0.658. The van der Waals surface area contributed by atoms with Gasteiger partial charge in [0.1, 0.15) is 5.75 Å². The number of hydrogen-bond donors (Lipinski definition) is 2. The molecule has 0 atom stereocenters. The van der Waals surface area contributed by atoms with Crippen LogP contribution in [-0.4, -0.2) is 23.7 Å². The molecule has 2 rings (SSSR count). The van der Waals surface area contributed by atoms with Crippen molar-refractivity contribution in [2.24, 2.45) is 5.10 Å². The highest BCUT2D eigenvalue weighted by Crippen LogP contribution is 2.24. The average molecular weight is 299 g/mol. The zero-order valence-electron chi connectivity index (χ0n) is 13.1. The molecule has 0 bridgehead atoms. The van der Waals surface area contributed by atoms with Crippen LogP contribution in [0.15, 0.2) is 47.7 Å². The smallest absolute Gasteiger partial charge is 0.277 e. The van der Waals surface area contributed by atoms with Crippen molar-refractivity contribution in [1.29, 1.82) is 0 Å². The van der Waals surface area contributed by atoms with E-state index in [1.54, 1.807) is 6.20 Å². The SMILES string of the molecule is CC(C)(C)c1ccc(OCC(=O)N/N=C/c2ccc[nH]2)cc1. The summed E-state index contributed by atoms with van der Waals surface area (Å²) in [5.41, 5.74) is 4.55. The summed E-state index contributed by atoms with van der Waals surface area (Å²) in [7, 11) is 0. The molecule has 0 aliphatic rings. The standard InChI is InChI=1S/C17H21N3O2/c1-17(2,3)13-6-8-15(9-7-13)22-12-16(21)20-19-11-14-5-4-10-18-14/h4-11,18H,12H2,1-3H3,(H,20,21)/b19-11+. The molecule has 0 aliphatic carbocycles. The first-order valence-electron chi connectivity index (χ1n) is 7.14. The number of amides is 1. The number of carbonyl (C=O) groups excluding carboxylic acids is 1. The highest BCUT2D eigenvalue weighted by Gasteiger charge is 2.13. The fraction of sp³-hybridized carbons (Fsp3) is 0.294. The minimum atomic E-state index is -0.303. The maximum absolute atomic E-state index is 11.6. The van der Waals surface area contributed by atoms with Crippen molar-refractivity contribution in [2.45, 2.75) is 26.2 Å². The molecule has 1 aromatic heterocycles. The van der Waals surface area contributed by atoms with E-state index < -0.39 is 0 Å². The number of nitrogens with one attached hydrogen (secondary N) is 2. The normalized spacial score (nSPS) is 11.6. The highest BCUT2D eigenvalue weighted by atomic mass is 16.5. The lowest BCUT2D eigenvalue weighted by Gasteiger charge is -2.19. The van der Waals surface area contributed by atoms with E-state index in [2.05, 4.69) is 36.3 Å². The van der Waals surface area contributed by atoms with E-state index in [1.807, 2.05) is 36.4 Å². The second-order valence-corrected chi connectivity index (χ2v) is 5.98. The summed E-state index contributed by atoms with van der Waals surface area (Å²) < 4.78 is 5.43. The predicted octanol–water partition coefficient (Wildman–Crippen LogP) is 2.84. The van der Waals surface area contributed by atoms with Gasteiger partial charge in [-0.25, -0.2) is 5.43 Å². The lowest BCUT2D eigenvalue weighted by molar-refractivity contribution is -0.123. The molecule has 116 valence electrons. The van der Waals surface area contributed by atoms with Gasteiger partial charge in [-0.05, 0) is 35.2 Å².